The molecule has 0 saturated carbocycles. The van der Waals surface area contributed by atoms with Gasteiger partial charge in [0, 0.05) is 11.1 Å². The van der Waals surface area contributed by atoms with E-state index in [9.17, 15) is 24.0 Å². The second-order valence-corrected chi connectivity index (χ2v) is 8.11. The Morgan fingerprint density at radius 3 is 1.74 bits per heavy atom. The molecule has 11 nitrogen and oxygen atoms in total. The highest BCUT2D eigenvalue weighted by atomic mass is 35.5. The van der Waals surface area contributed by atoms with E-state index < -0.39 is 53.7 Å². The molecule has 192 valence electrons. The Kier molecular flexibility index (Phi) is 13.3. The summed E-state index contributed by atoms with van der Waals surface area (Å²) >= 11 is 4.88. The van der Waals surface area contributed by atoms with E-state index in [-0.39, 0.29) is 37.4 Å². The quantitative estimate of drug-likeness (QED) is 0.186. The van der Waals surface area contributed by atoms with Crippen LogP contribution in [0, 0.1) is 0 Å². The van der Waals surface area contributed by atoms with E-state index in [1.807, 2.05) is 0 Å². The Labute approximate surface area is 203 Å². The molecule has 1 rings (SSSR count). The first-order chi connectivity index (χ1) is 15.6. The second-order valence-electron chi connectivity index (χ2n) is 7.68. The van der Waals surface area contributed by atoms with Crippen LogP contribution in [0.25, 0.3) is 0 Å². The molecule has 1 fully saturated rings. The number of rotatable bonds is 10. The molecule has 0 aromatic carbocycles. The molecule has 12 heteroatoms. The lowest BCUT2D eigenvalue weighted by molar-refractivity contribution is -0.305. The molecule has 0 amide bonds. The van der Waals surface area contributed by atoms with Gasteiger partial charge in [0.25, 0.3) is 5.24 Å². The maximum absolute atomic E-state index is 12.0. The summed E-state index contributed by atoms with van der Waals surface area (Å²) in [5.74, 6) is -3.52. The first-order valence-electron chi connectivity index (χ1n) is 10.1. The van der Waals surface area contributed by atoms with Crippen molar-refractivity contribution in [2.45, 2.75) is 52.4 Å². The van der Waals surface area contributed by atoms with Crippen LogP contribution < -0.4 is 0 Å². The summed E-state index contributed by atoms with van der Waals surface area (Å²) in [6, 6.07) is 0. The summed E-state index contributed by atoms with van der Waals surface area (Å²) in [5, 5.41) is -0.699. The minimum Gasteiger partial charge on any atom is -0.466 e. The van der Waals surface area contributed by atoms with Gasteiger partial charge in [-0.25, -0.2) is 14.4 Å². The number of halogens is 1. The number of ether oxygens (including phenoxy) is 6. The zero-order chi connectivity index (χ0) is 26.5. The normalized spacial score (nSPS) is 15.5. The summed E-state index contributed by atoms with van der Waals surface area (Å²) in [5.41, 5.74) is -0.915. The largest absolute Gasteiger partial charge is 0.466 e. The predicted octanol–water partition coefficient (Wildman–Crippen LogP) is 1.99. The van der Waals surface area contributed by atoms with Gasteiger partial charge < -0.3 is 28.4 Å². The maximum Gasteiger partial charge on any atom is 0.345 e. The minimum atomic E-state index is -1.32. The number of hydrogen-bond acceptors (Lipinski definition) is 11. The fourth-order valence-corrected chi connectivity index (χ4v) is 2.18. The maximum atomic E-state index is 12.0. The van der Waals surface area contributed by atoms with Crippen molar-refractivity contribution >= 4 is 40.7 Å². The average Bonchev–Trinajstić information content (AvgIpc) is 2.73. The SMILES string of the molecule is C=C(C)C(=O)OCC(=O)Cl.C=C(C)C(=O)OCC(=O)OC1(CC(=O)OCC)COC(C)(C)OC1. The number of hydrogen-bond donors (Lipinski definition) is 0. The van der Waals surface area contributed by atoms with E-state index >= 15 is 0 Å². The van der Waals surface area contributed by atoms with E-state index in [4.69, 9.17) is 35.3 Å². The highest BCUT2D eigenvalue weighted by Gasteiger charge is 2.45. The van der Waals surface area contributed by atoms with Gasteiger partial charge in [0.2, 0.25) is 0 Å². The molecule has 34 heavy (non-hydrogen) atoms. The Morgan fingerprint density at radius 1 is 0.853 bits per heavy atom. The van der Waals surface area contributed by atoms with Gasteiger partial charge in [0.15, 0.2) is 24.6 Å². The lowest BCUT2D eigenvalue weighted by Crippen LogP contribution is -2.55. The van der Waals surface area contributed by atoms with Gasteiger partial charge in [-0.3, -0.25) is 9.59 Å². The van der Waals surface area contributed by atoms with Crippen molar-refractivity contribution in [2.75, 3.05) is 33.0 Å². The van der Waals surface area contributed by atoms with E-state index in [1.165, 1.54) is 13.8 Å². The summed E-state index contributed by atoms with van der Waals surface area (Å²) < 4.78 is 30.3. The van der Waals surface area contributed by atoms with Crippen LogP contribution in [0.3, 0.4) is 0 Å². The summed E-state index contributed by atoms with van der Waals surface area (Å²) in [6.45, 7) is 13.9. The van der Waals surface area contributed by atoms with E-state index in [2.05, 4.69) is 17.9 Å². The molecule has 1 aliphatic rings. The molecule has 0 bridgehead atoms. The molecule has 1 heterocycles. The predicted molar refractivity (Wildman–Crippen MR) is 118 cm³/mol. The van der Waals surface area contributed by atoms with E-state index in [1.54, 1.807) is 20.8 Å². The highest BCUT2D eigenvalue weighted by Crippen LogP contribution is 2.29. The first kappa shape index (κ1) is 31.2. The monoisotopic (exact) mass is 506 g/mol. The highest BCUT2D eigenvalue weighted by molar-refractivity contribution is 6.64. The molecule has 0 unspecified atom stereocenters. The summed E-state index contributed by atoms with van der Waals surface area (Å²) in [6.07, 6.45) is -0.225. The Morgan fingerprint density at radius 2 is 1.32 bits per heavy atom. The molecular weight excluding hydrogens is 476 g/mol. The lowest BCUT2D eigenvalue weighted by atomic mass is 10.00. The van der Waals surface area contributed by atoms with Gasteiger partial charge in [0.1, 0.15) is 0 Å². The van der Waals surface area contributed by atoms with Crippen molar-refractivity contribution in [3.05, 3.63) is 24.3 Å². The van der Waals surface area contributed by atoms with Gasteiger partial charge >= 0.3 is 23.9 Å². The standard InChI is InChI=1S/C16H24O8.C6H7ClO3/c1-6-20-12(17)7-16(9-22-15(4,5)23-10-16)24-13(18)8-21-14(19)11(2)3;1-4(2)6(9)10-3-5(7)8/h2,6-10H2,1,3-5H3;1,3H2,2H3. The fourth-order valence-electron chi connectivity index (χ4n) is 2.13. The topological polar surface area (TPSA) is 141 Å². The zero-order valence-corrected chi connectivity index (χ0v) is 20.8. The van der Waals surface area contributed by atoms with Crippen molar-refractivity contribution < 1.29 is 52.4 Å². The molecule has 1 saturated heterocycles. The fraction of sp³-hybridized carbons (Fsp3) is 0.591. The van der Waals surface area contributed by atoms with Crippen LogP contribution in [0.15, 0.2) is 24.3 Å². The average molecular weight is 507 g/mol. The molecule has 1 aliphatic heterocycles. The third kappa shape index (κ3) is 13.1. The van der Waals surface area contributed by atoms with Gasteiger partial charge in [-0.05, 0) is 46.2 Å². The van der Waals surface area contributed by atoms with Gasteiger partial charge in [-0.2, -0.15) is 0 Å². The van der Waals surface area contributed by atoms with Crippen LogP contribution >= 0.6 is 11.6 Å². The first-order valence-corrected chi connectivity index (χ1v) is 10.5. The molecule has 0 aromatic rings. The Bertz CT molecular complexity index is 791. The number of carbonyl (C=O) groups is 5. The third-order valence-electron chi connectivity index (χ3n) is 3.80. The smallest absolute Gasteiger partial charge is 0.345 e. The van der Waals surface area contributed by atoms with Crippen molar-refractivity contribution in [3.8, 4) is 0 Å². The van der Waals surface area contributed by atoms with E-state index in [0.29, 0.717) is 0 Å². The molecule has 0 spiro atoms. The minimum absolute atomic E-state index is 0.0427. The molecule has 0 N–H and O–H groups in total. The zero-order valence-electron chi connectivity index (χ0n) is 20.0. The third-order valence-corrected chi connectivity index (χ3v) is 3.91. The van der Waals surface area contributed by atoms with Crippen LogP contribution in [0.1, 0.15) is 41.0 Å². The van der Waals surface area contributed by atoms with Crippen LogP contribution in [-0.4, -0.2) is 73.5 Å². The molecule has 0 aromatic heterocycles. The van der Waals surface area contributed by atoms with Crippen molar-refractivity contribution in [1.82, 2.24) is 0 Å². The van der Waals surface area contributed by atoms with Crippen LogP contribution in [-0.2, 0) is 52.4 Å². The van der Waals surface area contributed by atoms with Crippen molar-refractivity contribution in [1.29, 1.82) is 0 Å². The summed E-state index contributed by atoms with van der Waals surface area (Å²) in [4.78, 5) is 55.6. The van der Waals surface area contributed by atoms with Gasteiger partial charge in [-0.15, -0.1) is 0 Å². The number of carbonyl (C=O) groups excluding carboxylic acids is 5. The van der Waals surface area contributed by atoms with Crippen LogP contribution in [0.5, 0.6) is 0 Å². The molecule has 0 radical (unpaired) electrons. The Balaban J connectivity index is 0.000000916. The van der Waals surface area contributed by atoms with Crippen molar-refractivity contribution in [3.63, 3.8) is 0 Å². The second kappa shape index (κ2) is 14.5. The van der Waals surface area contributed by atoms with Crippen LogP contribution in [0.4, 0.5) is 0 Å². The summed E-state index contributed by atoms with van der Waals surface area (Å²) in [7, 11) is 0. The molecular formula is C22H31ClO11. The Hall–Kier alpha value is -2.76. The van der Waals surface area contributed by atoms with Gasteiger partial charge in [-0.1, -0.05) is 13.2 Å². The molecule has 0 aliphatic carbocycles. The van der Waals surface area contributed by atoms with Crippen molar-refractivity contribution in [2.24, 2.45) is 0 Å². The number of esters is 4. The lowest BCUT2D eigenvalue weighted by Gasteiger charge is -2.42. The molecule has 0 atom stereocenters. The van der Waals surface area contributed by atoms with Gasteiger partial charge in [0.05, 0.1) is 26.2 Å². The van der Waals surface area contributed by atoms with Crippen LogP contribution in [0.2, 0.25) is 0 Å². The van der Waals surface area contributed by atoms with E-state index in [0.717, 1.165) is 0 Å².